The SMILES string of the molecule is [O]c1ccccc1C#Cc1ccccc1. The lowest BCUT2D eigenvalue weighted by atomic mass is 10.1. The quantitative estimate of drug-likeness (QED) is 0.572. The molecule has 1 nitrogen and oxygen atoms in total. The number of hydrogen-bond donors (Lipinski definition) is 0. The van der Waals surface area contributed by atoms with Gasteiger partial charge in [0.25, 0.3) is 0 Å². The fourth-order valence-electron chi connectivity index (χ4n) is 1.23. The predicted octanol–water partition coefficient (Wildman–Crippen LogP) is 3.23. The molecule has 1 heteroatoms. The Morgan fingerprint density at radius 1 is 0.733 bits per heavy atom. The van der Waals surface area contributed by atoms with Crippen LogP contribution in [0.5, 0.6) is 5.75 Å². The first-order valence-corrected chi connectivity index (χ1v) is 4.69. The molecular weight excluding hydrogens is 184 g/mol. The van der Waals surface area contributed by atoms with E-state index in [0.717, 1.165) is 5.56 Å². The van der Waals surface area contributed by atoms with E-state index < -0.39 is 0 Å². The first-order valence-electron chi connectivity index (χ1n) is 4.69. The summed E-state index contributed by atoms with van der Waals surface area (Å²) in [6.45, 7) is 0. The molecule has 0 atom stereocenters. The molecule has 0 saturated carbocycles. The minimum atomic E-state index is -0.0269. The summed E-state index contributed by atoms with van der Waals surface area (Å²) in [5.74, 6) is 5.79. The zero-order valence-corrected chi connectivity index (χ0v) is 8.10. The van der Waals surface area contributed by atoms with Gasteiger partial charge in [0.1, 0.15) is 0 Å². The molecule has 0 fully saturated rings. The molecule has 0 spiro atoms. The van der Waals surface area contributed by atoms with Gasteiger partial charge in [-0.2, -0.15) is 0 Å². The summed E-state index contributed by atoms with van der Waals surface area (Å²) >= 11 is 0. The smallest absolute Gasteiger partial charge is 0.194 e. The van der Waals surface area contributed by atoms with Crippen molar-refractivity contribution in [2.75, 3.05) is 0 Å². The van der Waals surface area contributed by atoms with Crippen LogP contribution >= 0.6 is 0 Å². The fourth-order valence-corrected chi connectivity index (χ4v) is 1.23. The van der Waals surface area contributed by atoms with Crippen molar-refractivity contribution in [2.45, 2.75) is 0 Å². The second kappa shape index (κ2) is 4.34. The average molecular weight is 193 g/mol. The van der Waals surface area contributed by atoms with Crippen LogP contribution in [0.2, 0.25) is 0 Å². The standard InChI is InChI=1S/C14H9O/c15-14-9-5-4-8-13(14)11-10-12-6-2-1-3-7-12/h1-9H. The third kappa shape index (κ3) is 2.38. The summed E-state index contributed by atoms with van der Waals surface area (Å²) in [4.78, 5) is 0. The van der Waals surface area contributed by atoms with E-state index >= 15 is 0 Å². The number of para-hydroxylation sites is 1. The molecule has 0 bridgehead atoms. The summed E-state index contributed by atoms with van der Waals surface area (Å²) in [5.41, 5.74) is 1.46. The largest absolute Gasteiger partial charge is 0.289 e. The van der Waals surface area contributed by atoms with Gasteiger partial charge in [0.2, 0.25) is 0 Å². The Bertz CT molecular complexity index is 504. The van der Waals surface area contributed by atoms with E-state index in [0.29, 0.717) is 5.56 Å². The van der Waals surface area contributed by atoms with Crippen molar-refractivity contribution < 1.29 is 5.11 Å². The Morgan fingerprint density at radius 3 is 2.13 bits per heavy atom. The maximum atomic E-state index is 11.3. The molecule has 2 rings (SSSR count). The highest BCUT2D eigenvalue weighted by Gasteiger charge is 1.95. The highest BCUT2D eigenvalue weighted by atomic mass is 16.3. The van der Waals surface area contributed by atoms with Gasteiger partial charge in [-0.15, -0.1) is 0 Å². The van der Waals surface area contributed by atoms with E-state index in [1.54, 1.807) is 12.1 Å². The molecule has 0 N–H and O–H groups in total. The highest BCUT2D eigenvalue weighted by Crippen LogP contribution is 2.14. The molecule has 2 aromatic carbocycles. The van der Waals surface area contributed by atoms with Crippen molar-refractivity contribution in [3.05, 3.63) is 65.7 Å². The first-order chi connectivity index (χ1) is 7.36. The molecule has 71 valence electrons. The summed E-state index contributed by atoms with van der Waals surface area (Å²) < 4.78 is 0. The fraction of sp³-hybridized carbons (Fsp3) is 0. The van der Waals surface area contributed by atoms with Gasteiger partial charge in [0.15, 0.2) is 5.75 Å². The zero-order chi connectivity index (χ0) is 10.5. The highest BCUT2D eigenvalue weighted by molar-refractivity contribution is 5.48. The second-order valence-corrected chi connectivity index (χ2v) is 3.11. The van der Waals surface area contributed by atoms with Crippen LogP contribution in [0.4, 0.5) is 0 Å². The summed E-state index contributed by atoms with van der Waals surface area (Å²) in [7, 11) is 0. The third-order valence-corrected chi connectivity index (χ3v) is 2.00. The molecule has 2 aromatic rings. The van der Waals surface area contributed by atoms with E-state index in [9.17, 15) is 5.11 Å². The maximum Gasteiger partial charge on any atom is 0.194 e. The van der Waals surface area contributed by atoms with E-state index in [1.807, 2.05) is 36.4 Å². The Labute approximate surface area is 89.0 Å². The van der Waals surface area contributed by atoms with Crippen molar-refractivity contribution in [1.82, 2.24) is 0 Å². The molecule has 0 aliphatic carbocycles. The van der Waals surface area contributed by atoms with Crippen LogP contribution in [0, 0.1) is 11.8 Å². The molecule has 0 aromatic heterocycles. The van der Waals surface area contributed by atoms with E-state index in [1.165, 1.54) is 6.07 Å². The topological polar surface area (TPSA) is 19.9 Å². The van der Waals surface area contributed by atoms with E-state index in [-0.39, 0.29) is 5.75 Å². The Kier molecular flexibility index (Phi) is 2.71. The summed E-state index contributed by atoms with van der Waals surface area (Å²) in [5, 5.41) is 11.3. The lowest BCUT2D eigenvalue weighted by Crippen LogP contribution is -1.75. The lowest BCUT2D eigenvalue weighted by molar-refractivity contribution is 0.353. The van der Waals surface area contributed by atoms with Crippen molar-refractivity contribution in [1.29, 1.82) is 0 Å². The number of hydrogen-bond acceptors (Lipinski definition) is 0. The molecule has 15 heavy (non-hydrogen) atoms. The van der Waals surface area contributed by atoms with Gasteiger partial charge < -0.3 is 0 Å². The summed E-state index contributed by atoms with van der Waals surface area (Å²) in [6.07, 6.45) is 0. The van der Waals surface area contributed by atoms with Crippen molar-refractivity contribution in [3.63, 3.8) is 0 Å². The molecule has 0 saturated heterocycles. The minimum absolute atomic E-state index is 0.0269. The van der Waals surface area contributed by atoms with Gasteiger partial charge in [-0.05, 0) is 24.3 Å². The molecule has 0 aliphatic rings. The summed E-state index contributed by atoms with van der Waals surface area (Å²) in [6, 6.07) is 16.4. The Morgan fingerprint density at radius 2 is 1.40 bits per heavy atom. The van der Waals surface area contributed by atoms with Crippen molar-refractivity contribution in [3.8, 4) is 17.6 Å². The lowest BCUT2D eigenvalue weighted by Gasteiger charge is -1.90. The second-order valence-electron chi connectivity index (χ2n) is 3.11. The van der Waals surface area contributed by atoms with Crippen LogP contribution in [0.25, 0.3) is 0 Å². The van der Waals surface area contributed by atoms with Crippen molar-refractivity contribution >= 4 is 0 Å². The Balaban J connectivity index is 2.31. The zero-order valence-electron chi connectivity index (χ0n) is 8.10. The Hall–Kier alpha value is -2.20. The van der Waals surface area contributed by atoms with Crippen LogP contribution < -0.4 is 0 Å². The number of rotatable bonds is 0. The van der Waals surface area contributed by atoms with Crippen molar-refractivity contribution in [2.24, 2.45) is 0 Å². The minimum Gasteiger partial charge on any atom is -0.289 e. The van der Waals surface area contributed by atoms with E-state index in [4.69, 9.17) is 0 Å². The maximum absolute atomic E-state index is 11.3. The number of benzene rings is 2. The molecule has 0 aliphatic heterocycles. The normalized spacial score (nSPS) is 9.07. The van der Waals surface area contributed by atoms with Gasteiger partial charge in [-0.1, -0.05) is 42.2 Å². The van der Waals surface area contributed by atoms with Crippen LogP contribution in [0.1, 0.15) is 11.1 Å². The van der Waals surface area contributed by atoms with Crippen LogP contribution in [-0.2, 0) is 5.11 Å². The van der Waals surface area contributed by atoms with Gasteiger partial charge >= 0.3 is 0 Å². The van der Waals surface area contributed by atoms with Crippen LogP contribution in [0.3, 0.4) is 0 Å². The molecule has 0 unspecified atom stereocenters. The monoisotopic (exact) mass is 193 g/mol. The molecule has 1 radical (unpaired) electrons. The van der Waals surface area contributed by atoms with Crippen LogP contribution in [0.15, 0.2) is 54.6 Å². The molecular formula is C14H9O. The molecule has 0 amide bonds. The van der Waals surface area contributed by atoms with E-state index in [2.05, 4.69) is 11.8 Å². The van der Waals surface area contributed by atoms with Crippen LogP contribution in [-0.4, -0.2) is 0 Å². The average Bonchev–Trinajstić information content (AvgIpc) is 2.29. The van der Waals surface area contributed by atoms with Gasteiger partial charge in [0.05, 0.1) is 5.56 Å². The first kappa shape index (κ1) is 9.36. The third-order valence-electron chi connectivity index (χ3n) is 2.00. The molecule has 0 heterocycles. The van der Waals surface area contributed by atoms with Gasteiger partial charge in [-0.25, -0.2) is 0 Å². The van der Waals surface area contributed by atoms with Gasteiger partial charge in [-0.3, -0.25) is 5.11 Å². The predicted molar refractivity (Wildman–Crippen MR) is 59.0 cm³/mol. The van der Waals surface area contributed by atoms with Gasteiger partial charge in [0, 0.05) is 5.56 Å².